The summed E-state index contributed by atoms with van der Waals surface area (Å²) in [5.41, 5.74) is 7.83. The fraction of sp³-hybridized carbons (Fsp3) is 0.684. The summed E-state index contributed by atoms with van der Waals surface area (Å²) in [5, 5.41) is 0. The van der Waals surface area contributed by atoms with Crippen LogP contribution in [0.15, 0.2) is 30.3 Å². The number of anilines is 1. The number of benzene rings is 1. The lowest BCUT2D eigenvalue weighted by Gasteiger charge is -2.46. The minimum Gasteiger partial charge on any atom is -0.371 e. The van der Waals surface area contributed by atoms with Crippen molar-refractivity contribution >= 4 is 5.69 Å². The van der Waals surface area contributed by atoms with Crippen LogP contribution in [0.3, 0.4) is 0 Å². The van der Waals surface area contributed by atoms with Crippen molar-refractivity contribution in [3.05, 3.63) is 30.3 Å². The molecule has 0 heterocycles. The number of nitrogens with two attached hydrogens (primary N) is 1. The minimum absolute atomic E-state index is 0.440. The summed E-state index contributed by atoms with van der Waals surface area (Å²) in [6.07, 6.45) is 5.13. The molecule has 1 fully saturated rings. The van der Waals surface area contributed by atoms with E-state index in [1.807, 2.05) is 0 Å². The maximum absolute atomic E-state index is 6.07. The zero-order valence-electron chi connectivity index (χ0n) is 14.2. The van der Waals surface area contributed by atoms with Crippen LogP contribution in [0.1, 0.15) is 46.5 Å². The van der Waals surface area contributed by atoms with Gasteiger partial charge in [0.15, 0.2) is 0 Å². The first kappa shape index (κ1) is 16.4. The van der Waals surface area contributed by atoms with Gasteiger partial charge in [-0.2, -0.15) is 0 Å². The Morgan fingerprint density at radius 2 is 1.86 bits per heavy atom. The molecule has 1 aromatic carbocycles. The second kappa shape index (κ2) is 6.83. The van der Waals surface area contributed by atoms with Crippen molar-refractivity contribution in [3.8, 4) is 0 Å². The van der Waals surface area contributed by atoms with E-state index in [9.17, 15) is 0 Å². The minimum atomic E-state index is 0.440. The molecule has 1 aromatic rings. The number of hydrogen-bond acceptors (Lipinski definition) is 2. The Morgan fingerprint density at radius 1 is 1.19 bits per heavy atom. The SMILES string of the molecule is CCC(C)(C)C1CCC(CN)C(N(C)c2ccccc2)C1. The fourth-order valence-corrected chi connectivity index (χ4v) is 3.81. The Bertz CT molecular complexity index is 426. The van der Waals surface area contributed by atoms with Gasteiger partial charge in [-0.25, -0.2) is 0 Å². The Morgan fingerprint density at radius 3 is 2.43 bits per heavy atom. The highest BCUT2D eigenvalue weighted by atomic mass is 15.1. The Kier molecular flexibility index (Phi) is 5.32. The first-order chi connectivity index (χ1) is 9.99. The van der Waals surface area contributed by atoms with Gasteiger partial charge in [0.25, 0.3) is 0 Å². The summed E-state index contributed by atoms with van der Waals surface area (Å²) in [5.74, 6) is 1.43. The first-order valence-corrected chi connectivity index (χ1v) is 8.47. The lowest BCUT2D eigenvalue weighted by molar-refractivity contribution is 0.113. The molecule has 21 heavy (non-hydrogen) atoms. The number of rotatable bonds is 5. The first-order valence-electron chi connectivity index (χ1n) is 8.47. The molecule has 0 saturated heterocycles. The van der Waals surface area contributed by atoms with E-state index in [-0.39, 0.29) is 0 Å². The van der Waals surface area contributed by atoms with Gasteiger partial charge in [0.2, 0.25) is 0 Å². The van der Waals surface area contributed by atoms with Crippen molar-refractivity contribution in [1.82, 2.24) is 0 Å². The Labute approximate surface area is 130 Å². The summed E-state index contributed by atoms with van der Waals surface area (Å²) in [6, 6.07) is 11.3. The largest absolute Gasteiger partial charge is 0.371 e. The van der Waals surface area contributed by atoms with Gasteiger partial charge >= 0.3 is 0 Å². The zero-order chi connectivity index (χ0) is 15.5. The van der Waals surface area contributed by atoms with Gasteiger partial charge in [-0.1, -0.05) is 45.4 Å². The highest BCUT2D eigenvalue weighted by Crippen LogP contribution is 2.43. The third-order valence-electron chi connectivity index (χ3n) is 5.94. The summed E-state index contributed by atoms with van der Waals surface area (Å²) in [7, 11) is 2.24. The second-order valence-electron chi connectivity index (χ2n) is 7.36. The van der Waals surface area contributed by atoms with E-state index in [4.69, 9.17) is 5.73 Å². The van der Waals surface area contributed by atoms with Gasteiger partial charge in [0, 0.05) is 18.8 Å². The van der Waals surface area contributed by atoms with Crippen LogP contribution in [0.5, 0.6) is 0 Å². The normalized spacial score (nSPS) is 26.6. The molecule has 3 unspecified atom stereocenters. The highest BCUT2D eigenvalue weighted by molar-refractivity contribution is 5.46. The van der Waals surface area contributed by atoms with Crippen molar-refractivity contribution < 1.29 is 0 Å². The number of para-hydroxylation sites is 1. The van der Waals surface area contributed by atoms with Gasteiger partial charge in [-0.05, 0) is 55.2 Å². The standard InChI is InChI=1S/C19H32N2/c1-5-19(2,3)16-12-11-15(14-20)18(13-16)21(4)17-9-7-6-8-10-17/h6-10,15-16,18H,5,11-14,20H2,1-4H3. The highest BCUT2D eigenvalue weighted by Gasteiger charge is 2.38. The molecule has 0 radical (unpaired) electrons. The maximum Gasteiger partial charge on any atom is 0.0366 e. The smallest absolute Gasteiger partial charge is 0.0366 e. The number of hydrogen-bond donors (Lipinski definition) is 1. The van der Waals surface area contributed by atoms with Crippen molar-refractivity contribution in [3.63, 3.8) is 0 Å². The van der Waals surface area contributed by atoms with E-state index < -0.39 is 0 Å². The molecule has 0 aliphatic heterocycles. The van der Waals surface area contributed by atoms with Crippen LogP contribution < -0.4 is 10.6 Å². The van der Waals surface area contributed by atoms with Crippen LogP contribution in [0.2, 0.25) is 0 Å². The summed E-state index contributed by atoms with van der Waals surface area (Å²) < 4.78 is 0. The molecular weight excluding hydrogens is 256 g/mol. The molecule has 2 N–H and O–H groups in total. The third kappa shape index (κ3) is 3.60. The molecule has 1 aliphatic rings. The molecule has 0 aromatic heterocycles. The Hall–Kier alpha value is -1.02. The van der Waals surface area contributed by atoms with Gasteiger partial charge in [-0.3, -0.25) is 0 Å². The lowest BCUT2D eigenvalue weighted by atomic mass is 9.65. The van der Waals surface area contributed by atoms with Crippen LogP contribution >= 0.6 is 0 Å². The molecule has 118 valence electrons. The van der Waals surface area contributed by atoms with E-state index in [0.717, 1.165) is 12.5 Å². The summed E-state index contributed by atoms with van der Waals surface area (Å²) >= 11 is 0. The molecule has 2 heteroatoms. The quantitative estimate of drug-likeness (QED) is 0.875. The van der Waals surface area contributed by atoms with E-state index in [0.29, 0.717) is 17.4 Å². The van der Waals surface area contributed by atoms with Crippen LogP contribution in [0.25, 0.3) is 0 Å². The summed E-state index contributed by atoms with van der Waals surface area (Å²) in [4.78, 5) is 2.47. The van der Waals surface area contributed by atoms with E-state index in [2.05, 4.69) is 63.1 Å². The van der Waals surface area contributed by atoms with Crippen LogP contribution in [-0.2, 0) is 0 Å². The molecule has 0 bridgehead atoms. The number of nitrogens with zero attached hydrogens (tertiary/aromatic N) is 1. The molecular formula is C19H32N2. The molecule has 0 amide bonds. The monoisotopic (exact) mass is 288 g/mol. The molecule has 2 nitrogen and oxygen atoms in total. The molecule has 0 spiro atoms. The average Bonchev–Trinajstić information content (AvgIpc) is 2.54. The average molecular weight is 288 g/mol. The fourth-order valence-electron chi connectivity index (χ4n) is 3.81. The van der Waals surface area contributed by atoms with Gasteiger partial charge in [0.1, 0.15) is 0 Å². The maximum atomic E-state index is 6.07. The predicted molar refractivity (Wildman–Crippen MR) is 92.6 cm³/mol. The molecule has 1 aliphatic carbocycles. The Balaban J connectivity index is 2.17. The van der Waals surface area contributed by atoms with Crippen LogP contribution in [0.4, 0.5) is 5.69 Å². The molecule has 2 rings (SSSR count). The van der Waals surface area contributed by atoms with Crippen molar-refractivity contribution in [1.29, 1.82) is 0 Å². The molecule has 1 saturated carbocycles. The zero-order valence-corrected chi connectivity index (χ0v) is 14.2. The predicted octanol–water partition coefficient (Wildman–Crippen LogP) is 4.30. The van der Waals surface area contributed by atoms with Crippen molar-refractivity contribution in [2.24, 2.45) is 23.0 Å². The van der Waals surface area contributed by atoms with Gasteiger partial charge < -0.3 is 10.6 Å². The summed E-state index contributed by atoms with van der Waals surface area (Å²) in [6.45, 7) is 7.99. The second-order valence-corrected chi connectivity index (χ2v) is 7.36. The lowest BCUT2D eigenvalue weighted by Crippen LogP contribution is -2.47. The van der Waals surface area contributed by atoms with Gasteiger partial charge in [0.05, 0.1) is 0 Å². The topological polar surface area (TPSA) is 29.3 Å². The van der Waals surface area contributed by atoms with E-state index in [1.165, 1.54) is 31.4 Å². The third-order valence-corrected chi connectivity index (χ3v) is 5.94. The molecule has 3 atom stereocenters. The van der Waals surface area contributed by atoms with Crippen LogP contribution in [-0.4, -0.2) is 19.6 Å². The van der Waals surface area contributed by atoms with E-state index in [1.54, 1.807) is 0 Å². The van der Waals surface area contributed by atoms with Crippen molar-refractivity contribution in [2.45, 2.75) is 52.5 Å². The van der Waals surface area contributed by atoms with Gasteiger partial charge in [-0.15, -0.1) is 0 Å². The van der Waals surface area contributed by atoms with E-state index >= 15 is 0 Å². The van der Waals surface area contributed by atoms with Crippen molar-refractivity contribution in [2.75, 3.05) is 18.5 Å². The van der Waals surface area contributed by atoms with Crippen LogP contribution in [0, 0.1) is 17.3 Å².